The Balaban J connectivity index is 1.56. The number of carbonyl (C=O) groups is 1. The van der Waals surface area contributed by atoms with Crippen molar-refractivity contribution in [2.24, 2.45) is 0 Å². The zero-order chi connectivity index (χ0) is 20.1. The minimum atomic E-state index is -0.180. The third-order valence-electron chi connectivity index (χ3n) is 5.25. The molecule has 1 fully saturated rings. The molecule has 2 heterocycles. The first-order valence-electron chi connectivity index (χ1n) is 9.78. The molecule has 0 atom stereocenters. The van der Waals surface area contributed by atoms with E-state index in [1.54, 1.807) is 6.07 Å². The molecule has 28 heavy (non-hydrogen) atoms. The van der Waals surface area contributed by atoms with Crippen molar-refractivity contribution in [1.82, 2.24) is 20.4 Å². The van der Waals surface area contributed by atoms with Crippen LogP contribution in [0.15, 0.2) is 30.3 Å². The van der Waals surface area contributed by atoms with Crippen LogP contribution in [0.4, 0.5) is 11.5 Å². The van der Waals surface area contributed by atoms with E-state index in [2.05, 4.69) is 57.4 Å². The van der Waals surface area contributed by atoms with Gasteiger partial charge in [0.05, 0.1) is 0 Å². The Bertz CT molecular complexity index is 797. The Hall–Kier alpha value is -2.67. The van der Waals surface area contributed by atoms with Gasteiger partial charge in [-0.1, -0.05) is 12.1 Å². The molecule has 1 aliphatic rings. The van der Waals surface area contributed by atoms with Crippen LogP contribution in [0, 0.1) is 13.8 Å². The lowest BCUT2D eigenvalue weighted by molar-refractivity contribution is 0.0945. The maximum absolute atomic E-state index is 12.1. The van der Waals surface area contributed by atoms with Crippen LogP contribution in [0.1, 0.15) is 21.6 Å². The number of nitrogens with zero attached hydrogens (tertiary/aromatic N) is 5. The summed E-state index contributed by atoms with van der Waals surface area (Å²) in [4.78, 5) is 18.8. The van der Waals surface area contributed by atoms with Crippen LogP contribution in [0.2, 0.25) is 0 Å². The van der Waals surface area contributed by atoms with Crippen molar-refractivity contribution in [3.05, 3.63) is 47.2 Å². The number of anilines is 2. The number of aromatic nitrogens is 2. The number of benzene rings is 1. The second-order valence-electron chi connectivity index (χ2n) is 7.53. The van der Waals surface area contributed by atoms with E-state index in [9.17, 15) is 4.79 Å². The van der Waals surface area contributed by atoms with Crippen LogP contribution in [-0.4, -0.2) is 74.4 Å². The van der Waals surface area contributed by atoms with Gasteiger partial charge in [0.15, 0.2) is 11.5 Å². The second-order valence-corrected chi connectivity index (χ2v) is 7.53. The van der Waals surface area contributed by atoms with Crippen LogP contribution in [0.25, 0.3) is 0 Å². The lowest BCUT2D eigenvalue weighted by Crippen LogP contribution is -2.47. The molecule has 2 aromatic rings. The largest absolute Gasteiger partial charge is 0.368 e. The zero-order valence-corrected chi connectivity index (χ0v) is 17.3. The molecule has 150 valence electrons. The summed E-state index contributed by atoms with van der Waals surface area (Å²) in [6.45, 7) is 9.38. The SMILES string of the molecule is Cc1cccc(N2CCN(c3ccc(C(=O)NCCN(C)C)nn3)CC2)c1C. The normalized spacial score (nSPS) is 14.5. The van der Waals surface area contributed by atoms with Crippen molar-refractivity contribution >= 4 is 17.4 Å². The molecule has 0 unspecified atom stereocenters. The highest BCUT2D eigenvalue weighted by Gasteiger charge is 2.20. The van der Waals surface area contributed by atoms with E-state index in [0.717, 1.165) is 38.5 Å². The van der Waals surface area contributed by atoms with Crippen molar-refractivity contribution < 1.29 is 4.79 Å². The molecule has 1 aromatic heterocycles. The van der Waals surface area contributed by atoms with Gasteiger partial charge in [-0.3, -0.25) is 4.79 Å². The minimum Gasteiger partial charge on any atom is -0.368 e. The van der Waals surface area contributed by atoms with Crippen LogP contribution in [0.5, 0.6) is 0 Å². The minimum absolute atomic E-state index is 0.180. The van der Waals surface area contributed by atoms with Crippen molar-refractivity contribution in [2.75, 3.05) is 63.2 Å². The van der Waals surface area contributed by atoms with Crippen LogP contribution >= 0.6 is 0 Å². The van der Waals surface area contributed by atoms with Gasteiger partial charge in [-0.2, -0.15) is 0 Å². The average Bonchev–Trinajstić information content (AvgIpc) is 2.70. The Labute approximate surface area is 167 Å². The van der Waals surface area contributed by atoms with Crippen molar-refractivity contribution in [2.45, 2.75) is 13.8 Å². The number of nitrogens with one attached hydrogen (secondary N) is 1. The molecular weight excluding hydrogens is 352 g/mol. The van der Waals surface area contributed by atoms with Gasteiger partial charge in [-0.05, 0) is 57.3 Å². The predicted octanol–water partition coefficient (Wildman–Crippen LogP) is 1.71. The fourth-order valence-electron chi connectivity index (χ4n) is 3.35. The molecule has 0 bridgehead atoms. The Morgan fingerprint density at radius 1 is 1.04 bits per heavy atom. The van der Waals surface area contributed by atoms with Gasteiger partial charge in [-0.25, -0.2) is 0 Å². The molecule has 0 aliphatic carbocycles. The molecule has 3 rings (SSSR count). The molecule has 0 radical (unpaired) electrons. The summed E-state index contributed by atoms with van der Waals surface area (Å²) < 4.78 is 0. The smallest absolute Gasteiger partial charge is 0.271 e. The summed E-state index contributed by atoms with van der Waals surface area (Å²) in [6, 6.07) is 10.1. The molecule has 1 amide bonds. The van der Waals surface area contributed by atoms with E-state index >= 15 is 0 Å². The topological polar surface area (TPSA) is 64.6 Å². The van der Waals surface area contributed by atoms with Crippen molar-refractivity contribution in [3.8, 4) is 0 Å². The summed E-state index contributed by atoms with van der Waals surface area (Å²) in [5.41, 5.74) is 4.35. The highest BCUT2D eigenvalue weighted by Crippen LogP contribution is 2.24. The van der Waals surface area contributed by atoms with Gasteiger partial charge in [0.2, 0.25) is 0 Å². The molecule has 0 saturated carbocycles. The lowest BCUT2D eigenvalue weighted by Gasteiger charge is -2.37. The van der Waals surface area contributed by atoms with E-state index in [0.29, 0.717) is 12.2 Å². The number of aryl methyl sites for hydroxylation is 1. The predicted molar refractivity (Wildman–Crippen MR) is 113 cm³/mol. The molecule has 1 aromatic carbocycles. The van der Waals surface area contributed by atoms with Gasteiger partial charge < -0.3 is 20.0 Å². The molecule has 7 nitrogen and oxygen atoms in total. The first-order valence-corrected chi connectivity index (χ1v) is 9.78. The van der Waals surface area contributed by atoms with Gasteiger partial charge in [0, 0.05) is 45.0 Å². The number of likely N-dealkylation sites (N-methyl/N-ethyl adjacent to an activating group) is 1. The first kappa shape index (κ1) is 20.1. The van der Waals surface area contributed by atoms with Gasteiger partial charge in [0.25, 0.3) is 5.91 Å². The Kier molecular flexibility index (Phi) is 6.46. The summed E-state index contributed by atoms with van der Waals surface area (Å²) in [5, 5.41) is 11.3. The maximum Gasteiger partial charge on any atom is 0.271 e. The standard InChI is InChI=1S/C21H30N6O/c1-16-6-5-7-19(17(16)2)26-12-14-27(15-13-26)20-9-8-18(23-24-20)21(28)22-10-11-25(3)4/h5-9H,10-15H2,1-4H3,(H,22,28). The number of amides is 1. The lowest BCUT2D eigenvalue weighted by atomic mass is 10.1. The molecule has 1 aliphatic heterocycles. The van der Waals surface area contributed by atoms with E-state index in [4.69, 9.17) is 0 Å². The monoisotopic (exact) mass is 382 g/mol. The van der Waals surface area contributed by atoms with E-state index < -0.39 is 0 Å². The molecule has 7 heteroatoms. The van der Waals surface area contributed by atoms with E-state index in [1.165, 1.54) is 16.8 Å². The summed E-state index contributed by atoms with van der Waals surface area (Å²) in [7, 11) is 3.95. The number of carbonyl (C=O) groups excluding carboxylic acids is 1. The first-order chi connectivity index (χ1) is 13.5. The molecule has 0 spiro atoms. The summed E-state index contributed by atoms with van der Waals surface area (Å²) in [6.07, 6.45) is 0. The Morgan fingerprint density at radius 2 is 1.75 bits per heavy atom. The Morgan fingerprint density at radius 3 is 2.39 bits per heavy atom. The molecule has 1 saturated heterocycles. The van der Waals surface area contributed by atoms with E-state index in [-0.39, 0.29) is 5.91 Å². The fourth-order valence-corrected chi connectivity index (χ4v) is 3.35. The zero-order valence-electron chi connectivity index (χ0n) is 17.3. The summed E-state index contributed by atoms with van der Waals surface area (Å²) in [5.74, 6) is 0.645. The third-order valence-corrected chi connectivity index (χ3v) is 5.25. The van der Waals surface area contributed by atoms with Gasteiger partial charge >= 0.3 is 0 Å². The average molecular weight is 383 g/mol. The van der Waals surface area contributed by atoms with E-state index in [1.807, 2.05) is 25.1 Å². The number of hydrogen-bond donors (Lipinski definition) is 1. The maximum atomic E-state index is 12.1. The fraction of sp³-hybridized carbons (Fsp3) is 0.476. The van der Waals surface area contributed by atoms with Crippen molar-refractivity contribution in [1.29, 1.82) is 0 Å². The summed E-state index contributed by atoms with van der Waals surface area (Å²) >= 11 is 0. The number of piperazine rings is 1. The third kappa shape index (κ3) is 4.78. The number of rotatable bonds is 6. The van der Waals surface area contributed by atoms with Gasteiger partial charge in [0.1, 0.15) is 0 Å². The number of hydrogen-bond acceptors (Lipinski definition) is 6. The van der Waals surface area contributed by atoms with Crippen LogP contribution in [0.3, 0.4) is 0 Å². The molecule has 1 N–H and O–H groups in total. The van der Waals surface area contributed by atoms with Crippen molar-refractivity contribution in [3.63, 3.8) is 0 Å². The molecular formula is C21H30N6O. The highest BCUT2D eigenvalue weighted by molar-refractivity contribution is 5.92. The van der Waals surface area contributed by atoms with Gasteiger partial charge in [-0.15, -0.1) is 10.2 Å². The second kappa shape index (κ2) is 9.01. The highest BCUT2D eigenvalue weighted by atomic mass is 16.1. The quantitative estimate of drug-likeness (QED) is 0.821. The van der Waals surface area contributed by atoms with Crippen LogP contribution < -0.4 is 15.1 Å². The van der Waals surface area contributed by atoms with Crippen LogP contribution in [-0.2, 0) is 0 Å².